The van der Waals surface area contributed by atoms with Crippen LogP contribution in [-0.4, -0.2) is 19.1 Å². The highest BCUT2D eigenvalue weighted by Gasteiger charge is 2.11. The zero-order valence-corrected chi connectivity index (χ0v) is 12.7. The van der Waals surface area contributed by atoms with E-state index in [1.54, 1.807) is 0 Å². The van der Waals surface area contributed by atoms with Gasteiger partial charge < -0.3 is 15.4 Å². The normalized spacial score (nSPS) is 10.2. The summed E-state index contributed by atoms with van der Waals surface area (Å²) in [6.45, 7) is 2.73. The number of carbonyl (C=O) groups is 1. The van der Waals surface area contributed by atoms with Gasteiger partial charge in [0.05, 0.1) is 12.3 Å². The van der Waals surface area contributed by atoms with Gasteiger partial charge in [0.1, 0.15) is 23.1 Å². The Labute approximate surface area is 133 Å². The Morgan fingerprint density at radius 3 is 2.48 bits per heavy atom. The largest absolute Gasteiger partial charge is 0.492 e. The molecule has 0 radical (unpaired) electrons. The van der Waals surface area contributed by atoms with Crippen LogP contribution in [0.1, 0.15) is 13.3 Å². The van der Waals surface area contributed by atoms with Crippen molar-refractivity contribution >= 4 is 17.3 Å². The first-order valence-corrected chi connectivity index (χ1v) is 7.31. The quantitative estimate of drug-likeness (QED) is 0.816. The minimum absolute atomic E-state index is 0.0637. The molecule has 0 aromatic heterocycles. The molecule has 2 N–H and O–H groups in total. The second kappa shape index (κ2) is 8.12. The first-order chi connectivity index (χ1) is 11.1. The van der Waals surface area contributed by atoms with E-state index in [9.17, 15) is 13.6 Å². The van der Waals surface area contributed by atoms with Gasteiger partial charge >= 0.3 is 0 Å². The van der Waals surface area contributed by atoms with Crippen LogP contribution in [0.25, 0.3) is 0 Å². The lowest BCUT2D eigenvalue weighted by Gasteiger charge is -2.12. The predicted octanol–water partition coefficient (Wildman–Crippen LogP) is 3.80. The fraction of sp³-hybridized carbons (Fsp3) is 0.235. The third-order valence-electron chi connectivity index (χ3n) is 3.08. The standard InChI is InChI=1S/C17H18F2N2O2/c1-2-23-15-9-4-3-8-14(15)20-11-10-16(22)21-17-12(18)6-5-7-13(17)19/h3-9,20H,2,10-11H2,1H3,(H,21,22). The number of para-hydroxylation sites is 3. The van der Waals surface area contributed by atoms with Crippen LogP contribution in [0, 0.1) is 11.6 Å². The molecular weight excluding hydrogens is 302 g/mol. The maximum Gasteiger partial charge on any atom is 0.226 e. The van der Waals surface area contributed by atoms with E-state index in [1.165, 1.54) is 6.07 Å². The fourth-order valence-electron chi connectivity index (χ4n) is 2.02. The summed E-state index contributed by atoms with van der Waals surface area (Å²) in [5.74, 6) is -1.38. The molecule has 2 aromatic carbocycles. The monoisotopic (exact) mass is 320 g/mol. The zero-order valence-electron chi connectivity index (χ0n) is 12.7. The van der Waals surface area contributed by atoms with Crippen molar-refractivity contribution in [2.75, 3.05) is 23.8 Å². The molecule has 0 aliphatic rings. The first-order valence-electron chi connectivity index (χ1n) is 7.31. The summed E-state index contributed by atoms with van der Waals surface area (Å²) in [5, 5.41) is 5.31. The van der Waals surface area contributed by atoms with Crippen LogP contribution in [0.15, 0.2) is 42.5 Å². The predicted molar refractivity (Wildman–Crippen MR) is 85.7 cm³/mol. The van der Waals surface area contributed by atoms with Gasteiger partial charge in [0, 0.05) is 13.0 Å². The van der Waals surface area contributed by atoms with Crippen molar-refractivity contribution in [2.45, 2.75) is 13.3 Å². The lowest BCUT2D eigenvalue weighted by Crippen LogP contribution is -2.18. The molecule has 0 bridgehead atoms. The first kappa shape index (κ1) is 16.7. The third-order valence-corrected chi connectivity index (χ3v) is 3.08. The van der Waals surface area contributed by atoms with Gasteiger partial charge in [-0.05, 0) is 31.2 Å². The average molecular weight is 320 g/mol. The molecule has 23 heavy (non-hydrogen) atoms. The minimum Gasteiger partial charge on any atom is -0.492 e. The fourth-order valence-corrected chi connectivity index (χ4v) is 2.02. The van der Waals surface area contributed by atoms with Gasteiger partial charge in [-0.2, -0.15) is 0 Å². The van der Waals surface area contributed by atoms with E-state index in [4.69, 9.17) is 4.74 Å². The molecule has 0 heterocycles. The third kappa shape index (κ3) is 4.67. The number of anilines is 2. The van der Waals surface area contributed by atoms with Crippen molar-refractivity contribution in [3.8, 4) is 5.75 Å². The summed E-state index contributed by atoms with van der Waals surface area (Å²) in [6, 6.07) is 10.8. The number of carbonyl (C=O) groups excluding carboxylic acids is 1. The van der Waals surface area contributed by atoms with Crippen LogP contribution in [0.5, 0.6) is 5.75 Å². The molecule has 0 aliphatic heterocycles. The van der Waals surface area contributed by atoms with Gasteiger partial charge in [-0.1, -0.05) is 18.2 Å². The maximum atomic E-state index is 13.4. The molecule has 1 amide bonds. The summed E-state index contributed by atoms with van der Waals surface area (Å²) >= 11 is 0. The molecular formula is C17H18F2N2O2. The molecule has 2 rings (SSSR count). The van der Waals surface area contributed by atoms with Gasteiger partial charge in [-0.25, -0.2) is 8.78 Å². The number of hydrogen-bond donors (Lipinski definition) is 2. The molecule has 0 spiro atoms. The number of halogens is 2. The molecule has 122 valence electrons. The Morgan fingerprint density at radius 2 is 1.78 bits per heavy atom. The van der Waals surface area contributed by atoms with Crippen LogP contribution in [-0.2, 0) is 4.79 Å². The number of ether oxygens (including phenoxy) is 1. The second-order valence-corrected chi connectivity index (χ2v) is 4.75. The van der Waals surface area contributed by atoms with Crippen LogP contribution < -0.4 is 15.4 Å². The summed E-state index contributed by atoms with van der Waals surface area (Å²) < 4.78 is 32.4. The van der Waals surface area contributed by atoms with Crippen molar-refractivity contribution in [3.05, 3.63) is 54.1 Å². The second-order valence-electron chi connectivity index (χ2n) is 4.75. The van der Waals surface area contributed by atoms with E-state index in [0.717, 1.165) is 17.8 Å². The highest BCUT2D eigenvalue weighted by molar-refractivity contribution is 5.91. The SMILES string of the molecule is CCOc1ccccc1NCCC(=O)Nc1c(F)cccc1F. The summed E-state index contributed by atoms with van der Waals surface area (Å²) in [6.07, 6.45) is 0.0637. The highest BCUT2D eigenvalue weighted by Crippen LogP contribution is 2.23. The van der Waals surface area contributed by atoms with E-state index < -0.39 is 23.2 Å². The van der Waals surface area contributed by atoms with Crippen molar-refractivity contribution in [1.82, 2.24) is 0 Å². The Balaban J connectivity index is 1.88. The lowest BCUT2D eigenvalue weighted by atomic mass is 10.2. The molecule has 0 atom stereocenters. The van der Waals surface area contributed by atoms with Gasteiger partial charge in [0.25, 0.3) is 0 Å². The Hall–Kier alpha value is -2.63. The number of rotatable bonds is 7. The van der Waals surface area contributed by atoms with E-state index in [1.807, 2.05) is 31.2 Å². The lowest BCUT2D eigenvalue weighted by molar-refractivity contribution is -0.116. The minimum atomic E-state index is -0.798. The number of benzene rings is 2. The average Bonchev–Trinajstić information content (AvgIpc) is 2.53. The summed E-state index contributed by atoms with van der Waals surface area (Å²) in [7, 11) is 0. The van der Waals surface area contributed by atoms with Crippen molar-refractivity contribution < 1.29 is 18.3 Å². The van der Waals surface area contributed by atoms with E-state index in [0.29, 0.717) is 18.9 Å². The molecule has 0 aliphatic carbocycles. The zero-order chi connectivity index (χ0) is 16.7. The molecule has 4 nitrogen and oxygen atoms in total. The van der Waals surface area contributed by atoms with Crippen molar-refractivity contribution in [3.63, 3.8) is 0 Å². The van der Waals surface area contributed by atoms with Crippen LogP contribution in [0.2, 0.25) is 0 Å². The van der Waals surface area contributed by atoms with Crippen LogP contribution >= 0.6 is 0 Å². The Kier molecular flexibility index (Phi) is 5.91. The van der Waals surface area contributed by atoms with Gasteiger partial charge in [0.2, 0.25) is 5.91 Å². The molecule has 6 heteroatoms. The van der Waals surface area contributed by atoms with Crippen LogP contribution in [0.3, 0.4) is 0 Å². The molecule has 0 fully saturated rings. The van der Waals surface area contributed by atoms with Gasteiger partial charge in [-0.3, -0.25) is 4.79 Å². The molecule has 0 saturated heterocycles. The molecule has 0 saturated carbocycles. The molecule has 0 unspecified atom stereocenters. The summed E-state index contributed by atoms with van der Waals surface area (Å²) in [5.41, 5.74) is 0.339. The van der Waals surface area contributed by atoms with E-state index in [2.05, 4.69) is 10.6 Å². The number of hydrogen-bond acceptors (Lipinski definition) is 3. The van der Waals surface area contributed by atoms with Gasteiger partial charge in [-0.15, -0.1) is 0 Å². The molecule has 2 aromatic rings. The summed E-state index contributed by atoms with van der Waals surface area (Å²) in [4.78, 5) is 11.8. The van der Waals surface area contributed by atoms with Crippen molar-refractivity contribution in [2.24, 2.45) is 0 Å². The highest BCUT2D eigenvalue weighted by atomic mass is 19.1. The van der Waals surface area contributed by atoms with E-state index in [-0.39, 0.29) is 6.42 Å². The van der Waals surface area contributed by atoms with E-state index >= 15 is 0 Å². The smallest absolute Gasteiger partial charge is 0.226 e. The maximum absolute atomic E-state index is 13.4. The number of amides is 1. The van der Waals surface area contributed by atoms with Gasteiger partial charge in [0.15, 0.2) is 0 Å². The Morgan fingerprint density at radius 1 is 1.09 bits per heavy atom. The topological polar surface area (TPSA) is 50.4 Å². The van der Waals surface area contributed by atoms with Crippen LogP contribution in [0.4, 0.5) is 20.2 Å². The van der Waals surface area contributed by atoms with Crippen molar-refractivity contribution in [1.29, 1.82) is 0 Å². The number of nitrogens with one attached hydrogen (secondary N) is 2. The Bertz CT molecular complexity index is 657.